The highest BCUT2D eigenvalue weighted by molar-refractivity contribution is 8.01. The van der Waals surface area contributed by atoms with Crippen molar-refractivity contribution in [2.45, 2.75) is 24.5 Å². The number of methoxy groups -OCH3 is 1. The lowest BCUT2D eigenvalue weighted by molar-refractivity contribution is -0.130. The Morgan fingerprint density at radius 2 is 2.29 bits per heavy atom. The fraction of sp³-hybridized carbons (Fsp3) is 0.583. The van der Waals surface area contributed by atoms with Gasteiger partial charge in [-0.05, 0) is 30.9 Å². The molecule has 1 aromatic rings. The van der Waals surface area contributed by atoms with Crippen LogP contribution in [0.3, 0.4) is 0 Å². The van der Waals surface area contributed by atoms with E-state index in [9.17, 15) is 4.79 Å². The van der Waals surface area contributed by atoms with Crippen LogP contribution in [0.2, 0.25) is 0 Å². The first-order valence-electron chi connectivity index (χ1n) is 5.64. The number of thiophene rings is 1. The van der Waals surface area contributed by atoms with Crippen LogP contribution in [0, 0.1) is 6.92 Å². The molecule has 0 saturated carbocycles. The molecule has 3 nitrogen and oxygen atoms in total. The van der Waals surface area contributed by atoms with Crippen molar-refractivity contribution in [3.8, 4) is 0 Å². The SMILES string of the molecule is COCCN1C(=O)[C@H](C)S[C@@H]1c1sccc1C. The number of ether oxygens (including phenoxy) is 1. The van der Waals surface area contributed by atoms with E-state index in [4.69, 9.17) is 4.74 Å². The van der Waals surface area contributed by atoms with Crippen molar-refractivity contribution >= 4 is 29.0 Å². The molecule has 94 valence electrons. The Morgan fingerprint density at radius 1 is 1.53 bits per heavy atom. The number of amides is 1. The van der Waals surface area contributed by atoms with E-state index in [1.54, 1.807) is 30.2 Å². The van der Waals surface area contributed by atoms with Gasteiger partial charge in [-0.2, -0.15) is 0 Å². The fourth-order valence-electron chi connectivity index (χ4n) is 1.93. The predicted molar refractivity (Wildman–Crippen MR) is 72.4 cm³/mol. The summed E-state index contributed by atoms with van der Waals surface area (Å²) in [5.41, 5.74) is 1.27. The van der Waals surface area contributed by atoms with Gasteiger partial charge in [-0.25, -0.2) is 0 Å². The zero-order valence-electron chi connectivity index (χ0n) is 10.3. The number of carbonyl (C=O) groups is 1. The lowest BCUT2D eigenvalue weighted by Crippen LogP contribution is -2.33. The molecule has 0 aromatic carbocycles. The molecule has 1 aliphatic heterocycles. The van der Waals surface area contributed by atoms with Crippen LogP contribution in [0.1, 0.15) is 22.7 Å². The van der Waals surface area contributed by atoms with Crippen molar-refractivity contribution in [1.82, 2.24) is 4.90 Å². The number of nitrogens with zero attached hydrogens (tertiary/aromatic N) is 1. The molecule has 0 radical (unpaired) electrons. The lowest BCUT2D eigenvalue weighted by atomic mass is 10.2. The monoisotopic (exact) mass is 271 g/mol. The minimum Gasteiger partial charge on any atom is -0.383 e. The average molecular weight is 271 g/mol. The quantitative estimate of drug-likeness (QED) is 0.843. The van der Waals surface area contributed by atoms with Crippen LogP contribution in [0.25, 0.3) is 0 Å². The van der Waals surface area contributed by atoms with Gasteiger partial charge >= 0.3 is 0 Å². The summed E-state index contributed by atoms with van der Waals surface area (Å²) in [7, 11) is 1.67. The highest BCUT2D eigenvalue weighted by Gasteiger charge is 2.39. The molecule has 1 fully saturated rings. The third kappa shape index (κ3) is 2.51. The number of rotatable bonds is 4. The van der Waals surface area contributed by atoms with E-state index in [2.05, 4.69) is 18.4 Å². The number of thioether (sulfide) groups is 1. The summed E-state index contributed by atoms with van der Waals surface area (Å²) in [5.74, 6) is 0.227. The van der Waals surface area contributed by atoms with Crippen LogP contribution in [-0.2, 0) is 9.53 Å². The van der Waals surface area contributed by atoms with Crippen LogP contribution < -0.4 is 0 Å². The maximum absolute atomic E-state index is 12.1. The normalized spacial score (nSPS) is 24.6. The van der Waals surface area contributed by atoms with Gasteiger partial charge in [0.25, 0.3) is 0 Å². The topological polar surface area (TPSA) is 29.5 Å². The van der Waals surface area contributed by atoms with Crippen molar-refractivity contribution in [1.29, 1.82) is 0 Å². The summed E-state index contributed by atoms with van der Waals surface area (Å²) in [6.45, 7) is 5.36. The highest BCUT2D eigenvalue weighted by Crippen LogP contribution is 2.45. The Morgan fingerprint density at radius 3 is 2.88 bits per heavy atom. The van der Waals surface area contributed by atoms with E-state index in [1.165, 1.54) is 10.4 Å². The van der Waals surface area contributed by atoms with E-state index in [0.29, 0.717) is 13.2 Å². The van der Waals surface area contributed by atoms with Gasteiger partial charge in [-0.3, -0.25) is 4.79 Å². The minimum absolute atomic E-state index is 0.0540. The Hall–Kier alpha value is -0.520. The number of aryl methyl sites for hydroxylation is 1. The van der Waals surface area contributed by atoms with Gasteiger partial charge in [0.15, 0.2) is 0 Å². The molecule has 0 spiro atoms. The second-order valence-electron chi connectivity index (χ2n) is 4.12. The lowest BCUT2D eigenvalue weighted by Gasteiger charge is -2.23. The fourth-order valence-corrected chi connectivity index (χ4v) is 4.49. The molecular weight excluding hydrogens is 254 g/mol. The molecule has 1 aliphatic rings. The smallest absolute Gasteiger partial charge is 0.236 e. The number of carbonyl (C=O) groups excluding carboxylic acids is 1. The maximum Gasteiger partial charge on any atom is 0.236 e. The molecule has 17 heavy (non-hydrogen) atoms. The third-order valence-electron chi connectivity index (χ3n) is 2.91. The molecule has 0 bridgehead atoms. The van der Waals surface area contributed by atoms with E-state index in [1.807, 2.05) is 11.8 Å². The van der Waals surface area contributed by atoms with Crippen LogP contribution in [0.15, 0.2) is 11.4 Å². The molecule has 1 aromatic heterocycles. The van der Waals surface area contributed by atoms with E-state index >= 15 is 0 Å². The standard InChI is InChI=1S/C12H17NO2S2/c1-8-4-7-16-10(8)12-13(5-6-15-3)11(14)9(2)17-12/h4,7,9,12H,5-6H2,1-3H3/t9-,12+/m0/s1. The zero-order valence-corrected chi connectivity index (χ0v) is 11.9. The van der Waals surface area contributed by atoms with Crippen molar-refractivity contribution < 1.29 is 9.53 Å². The van der Waals surface area contributed by atoms with E-state index in [-0.39, 0.29) is 16.5 Å². The maximum atomic E-state index is 12.1. The second-order valence-corrected chi connectivity index (χ2v) is 6.50. The molecule has 1 saturated heterocycles. The van der Waals surface area contributed by atoms with Gasteiger partial charge in [0.05, 0.1) is 11.9 Å². The predicted octanol–water partition coefficient (Wildman–Crippen LogP) is 2.67. The molecule has 0 N–H and O–H groups in total. The van der Waals surface area contributed by atoms with Crippen molar-refractivity contribution in [2.24, 2.45) is 0 Å². The Labute approximate surface area is 110 Å². The first-order chi connectivity index (χ1) is 8.15. The average Bonchev–Trinajstić information content (AvgIpc) is 2.83. The van der Waals surface area contributed by atoms with Gasteiger partial charge in [-0.1, -0.05) is 0 Å². The first-order valence-corrected chi connectivity index (χ1v) is 7.46. The summed E-state index contributed by atoms with van der Waals surface area (Å²) in [6, 6.07) is 2.11. The van der Waals surface area contributed by atoms with Crippen molar-refractivity contribution in [2.75, 3.05) is 20.3 Å². The Bertz CT molecular complexity index is 405. The highest BCUT2D eigenvalue weighted by atomic mass is 32.2. The van der Waals surface area contributed by atoms with Crippen molar-refractivity contribution in [3.05, 3.63) is 21.9 Å². The summed E-state index contributed by atoms with van der Waals surface area (Å²) in [6.07, 6.45) is 0. The van der Waals surface area contributed by atoms with Crippen LogP contribution in [0.4, 0.5) is 0 Å². The summed E-state index contributed by atoms with van der Waals surface area (Å²) in [4.78, 5) is 15.3. The van der Waals surface area contributed by atoms with Gasteiger partial charge in [0.1, 0.15) is 5.37 Å². The molecule has 2 rings (SSSR count). The molecule has 0 aliphatic carbocycles. The third-order valence-corrected chi connectivity index (χ3v) is 5.49. The largest absolute Gasteiger partial charge is 0.383 e. The van der Waals surface area contributed by atoms with Gasteiger partial charge in [-0.15, -0.1) is 23.1 Å². The molecule has 2 atom stereocenters. The molecule has 0 unspecified atom stereocenters. The second kappa shape index (κ2) is 5.42. The summed E-state index contributed by atoms with van der Waals surface area (Å²) in [5, 5.41) is 2.32. The van der Waals surface area contributed by atoms with Crippen LogP contribution in [0.5, 0.6) is 0 Å². The van der Waals surface area contributed by atoms with E-state index in [0.717, 1.165) is 0 Å². The van der Waals surface area contributed by atoms with Gasteiger partial charge < -0.3 is 9.64 Å². The molecule has 1 amide bonds. The molecular formula is C12H17NO2S2. The number of hydrogen-bond acceptors (Lipinski definition) is 4. The molecule has 5 heteroatoms. The Kier molecular flexibility index (Phi) is 4.12. The van der Waals surface area contributed by atoms with Crippen molar-refractivity contribution in [3.63, 3.8) is 0 Å². The Balaban J connectivity index is 2.20. The summed E-state index contributed by atoms with van der Waals surface area (Å²) < 4.78 is 5.08. The van der Waals surface area contributed by atoms with Crippen LogP contribution >= 0.6 is 23.1 Å². The number of hydrogen-bond donors (Lipinski definition) is 0. The zero-order chi connectivity index (χ0) is 12.4. The summed E-state index contributed by atoms with van der Waals surface area (Å²) >= 11 is 3.47. The van der Waals surface area contributed by atoms with E-state index < -0.39 is 0 Å². The van der Waals surface area contributed by atoms with Crippen LogP contribution in [-0.4, -0.2) is 36.3 Å². The van der Waals surface area contributed by atoms with Gasteiger partial charge in [0.2, 0.25) is 5.91 Å². The first kappa shape index (κ1) is 12.9. The minimum atomic E-state index is 0.0540. The molecule has 2 heterocycles. The van der Waals surface area contributed by atoms with Gasteiger partial charge in [0, 0.05) is 18.5 Å².